The van der Waals surface area contributed by atoms with Gasteiger partial charge >= 0.3 is 0 Å². The third kappa shape index (κ3) is 1.89. The van der Waals surface area contributed by atoms with Gasteiger partial charge in [0.05, 0.1) is 5.52 Å². The average molecular weight is 270 g/mol. The van der Waals surface area contributed by atoms with Crippen LogP contribution in [0, 0.1) is 13.8 Å². The molecule has 20 heavy (non-hydrogen) atoms. The fourth-order valence-electron chi connectivity index (χ4n) is 4.04. The van der Waals surface area contributed by atoms with Crippen molar-refractivity contribution in [1.82, 2.24) is 4.57 Å². The summed E-state index contributed by atoms with van der Waals surface area (Å²) in [6, 6.07) is 4.56. The van der Waals surface area contributed by atoms with Gasteiger partial charge in [-0.1, -0.05) is 31.4 Å². The second kappa shape index (κ2) is 4.92. The molecule has 1 fully saturated rings. The minimum atomic E-state index is 0.208. The van der Waals surface area contributed by atoms with Crippen molar-refractivity contribution in [2.24, 2.45) is 12.8 Å². The van der Waals surface area contributed by atoms with Crippen molar-refractivity contribution in [2.45, 2.75) is 51.4 Å². The highest BCUT2D eigenvalue weighted by molar-refractivity contribution is 5.88. The SMILES string of the molecule is Cc1ccc2c(C3(CN)CCCCC3)cn(C)c2c1C. The topological polar surface area (TPSA) is 30.9 Å². The third-order valence-corrected chi connectivity index (χ3v) is 5.44. The lowest BCUT2D eigenvalue weighted by Gasteiger charge is -2.36. The van der Waals surface area contributed by atoms with Gasteiger partial charge in [-0.05, 0) is 43.4 Å². The van der Waals surface area contributed by atoms with Crippen LogP contribution < -0.4 is 5.73 Å². The first kappa shape index (κ1) is 13.7. The van der Waals surface area contributed by atoms with Crippen LogP contribution in [0.15, 0.2) is 18.3 Å². The summed E-state index contributed by atoms with van der Waals surface area (Å²) in [5.74, 6) is 0. The van der Waals surface area contributed by atoms with E-state index < -0.39 is 0 Å². The molecule has 108 valence electrons. The van der Waals surface area contributed by atoms with E-state index in [2.05, 4.69) is 43.8 Å². The van der Waals surface area contributed by atoms with Crippen LogP contribution in [0.25, 0.3) is 10.9 Å². The van der Waals surface area contributed by atoms with Gasteiger partial charge < -0.3 is 10.3 Å². The van der Waals surface area contributed by atoms with Gasteiger partial charge in [0.25, 0.3) is 0 Å². The molecule has 1 aromatic heterocycles. The molecule has 0 atom stereocenters. The predicted octanol–water partition coefficient (Wildman–Crippen LogP) is 3.96. The van der Waals surface area contributed by atoms with Crippen molar-refractivity contribution in [3.05, 3.63) is 35.0 Å². The lowest BCUT2D eigenvalue weighted by molar-refractivity contribution is 0.302. The van der Waals surface area contributed by atoms with Crippen molar-refractivity contribution in [3.8, 4) is 0 Å². The standard InChI is InChI=1S/C18H26N2/c1-13-7-8-15-16(11-20(3)17(15)14(13)2)18(12-19)9-5-4-6-10-18/h7-8,11H,4-6,9-10,12,19H2,1-3H3. The van der Waals surface area contributed by atoms with Crippen LogP contribution in [0.3, 0.4) is 0 Å². The fourth-order valence-corrected chi connectivity index (χ4v) is 4.04. The first-order valence-corrected chi connectivity index (χ1v) is 7.85. The van der Waals surface area contributed by atoms with E-state index in [4.69, 9.17) is 5.73 Å². The Kier molecular flexibility index (Phi) is 3.37. The molecule has 1 aliphatic rings. The monoisotopic (exact) mass is 270 g/mol. The van der Waals surface area contributed by atoms with Gasteiger partial charge in [0.1, 0.15) is 0 Å². The molecule has 2 N–H and O–H groups in total. The van der Waals surface area contributed by atoms with E-state index >= 15 is 0 Å². The number of nitrogens with two attached hydrogens (primary N) is 1. The Bertz CT molecular complexity index is 630. The molecule has 0 saturated heterocycles. The quantitative estimate of drug-likeness (QED) is 0.880. The van der Waals surface area contributed by atoms with E-state index in [1.807, 2.05) is 0 Å². The molecule has 1 aliphatic carbocycles. The third-order valence-electron chi connectivity index (χ3n) is 5.44. The molecule has 1 heterocycles. The number of aryl methyl sites for hydroxylation is 3. The van der Waals surface area contributed by atoms with Gasteiger partial charge in [0, 0.05) is 30.6 Å². The number of nitrogens with zero attached hydrogens (tertiary/aromatic N) is 1. The molecule has 1 saturated carbocycles. The van der Waals surface area contributed by atoms with Crippen LogP contribution in [0.2, 0.25) is 0 Å². The van der Waals surface area contributed by atoms with Gasteiger partial charge in [-0.3, -0.25) is 0 Å². The van der Waals surface area contributed by atoms with Crippen LogP contribution in [0.5, 0.6) is 0 Å². The molecule has 0 unspecified atom stereocenters. The fraction of sp³-hybridized carbons (Fsp3) is 0.556. The van der Waals surface area contributed by atoms with Gasteiger partial charge in [0.15, 0.2) is 0 Å². The maximum Gasteiger partial charge on any atom is 0.0513 e. The molecule has 1 aromatic carbocycles. The summed E-state index contributed by atoms with van der Waals surface area (Å²) < 4.78 is 2.30. The zero-order valence-corrected chi connectivity index (χ0v) is 13.0. The summed E-state index contributed by atoms with van der Waals surface area (Å²) in [4.78, 5) is 0. The summed E-state index contributed by atoms with van der Waals surface area (Å²) in [5, 5.41) is 1.42. The van der Waals surface area contributed by atoms with E-state index in [0.717, 1.165) is 6.54 Å². The molecule has 3 rings (SSSR count). The Morgan fingerprint density at radius 2 is 1.85 bits per heavy atom. The van der Waals surface area contributed by atoms with E-state index in [-0.39, 0.29) is 5.41 Å². The number of hydrogen-bond donors (Lipinski definition) is 1. The van der Waals surface area contributed by atoms with Crippen molar-refractivity contribution in [3.63, 3.8) is 0 Å². The van der Waals surface area contributed by atoms with Crippen molar-refractivity contribution >= 4 is 10.9 Å². The summed E-state index contributed by atoms with van der Waals surface area (Å²) in [6.07, 6.45) is 8.84. The van der Waals surface area contributed by atoms with E-state index in [1.54, 1.807) is 0 Å². The summed E-state index contributed by atoms with van der Waals surface area (Å²) in [5.41, 5.74) is 12.1. The lowest BCUT2D eigenvalue weighted by atomic mass is 9.69. The lowest BCUT2D eigenvalue weighted by Crippen LogP contribution is -2.37. The van der Waals surface area contributed by atoms with Gasteiger partial charge in [-0.2, -0.15) is 0 Å². The first-order valence-electron chi connectivity index (χ1n) is 7.85. The van der Waals surface area contributed by atoms with E-state index in [0.29, 0.717) is 0 Å². The highest BCUT2D eigenvalue weighted by Crippen LogP contribution is 2.42. The number of benzene rings is 1. The molecule has 0 bridgehead atoms. The first-order chi connectivity index (χ1) is 9.59. The summed E-state index contributed by atoms with van der Waals surface area (Å²) >= 11 is 0. The van der Waals surface area contributed by atoms with Crippen LogP contribution in [-0.4, -0.2) is 11.1 Å². The van der Waals surface area contributed by atoms with E-state index in [1.165, 1.54) is 59.7 Å². The van der Waals surface area contributed by atoms with E-state index in [9.17, 15) is 0 Å². The highest BCUT2D eigenvalue weighted by atomic mass is 14.9. The molecule has 0 spiro atoms. The minimum absolute atomic E-state index is 0.208. The Balaban J connectivity index is 2.24. The number of aromatic nitrogens is 1. The molecule has 2 aromatic rings. The molecule has 0 amide bonds. The van der Waals surface area contributed by atoms with Crippen LogP contribution in [-0.2, 0) is 12.5 Å². The molecular weight excluding hydrogens is 244 g/mol. The number of hydrogen-bond acceptors (Lipinski definition) is 1. The number of rotatable bonds is 2. The molecular formula is C18H26N2. The Hall–Kier alpha value is -1.28. The maximum absolute atomic E-state index is 6.23. The summed E-state index contributed by atoms with van der Waals surface area (Å²) in [7, 11) is 2.17. The molecule has 0 radical (unpaired) electrons. The predicted molar refractivity (Wildman–Crippen MR) is 86.2 cm³/mol. The average Bonchev–Trinajstić information content (AvgIpc) is 2.82. The zero-order valence-electron chi connectivity index (χ0n) is 13.0. The van der Waals surface area contributed by atoms with Crippen LogP contribution in [0.4, 0.5) is 0 Å². The largest absolute Gasteiger partial charge is 0.350 e. The Labute approximate surface area is 122 Å². The second-order valence-corrected chi connectivity index (χ2v) is 6.60. The molecule has 0 aliphatic heterocycles. The molecule has 2 heteroatoms. The zero-order chi connectivity index (χ0) is 14.3. The van der Waals surface area contributed by atoms with Crippen molar-refractivity contribution in [1.29, 1.82) is 0 Å². The number of fused-ring (bicyclic) bond motifs is 1. The Morgan fingerprint density at radius 1 is 1.15 bits per heavy atom. The Morgan fingerprint density at radius 3 is 2.50 bits per heavy atom. The van der Waals surface area contributed by atoms with Gasteiger partial charge in [-0.25, -0.2) is 0 Å². The smallest absolute Gasteiger partial charge is 0.0513 e. The van der Waals surface area contributed by atoms with Gasteiger partial charge in [-0.15, -0.1) is 0 Å². The van der Waals surface area contributed by atoms with Crippen molar-refractivity contribution < 1.29 is 0 Å². The normalized spacial score (nSPS) is 18.6. The van der Waals surface area contributed by atoms with Crippen LogP contribution >= 0.6 is 0 Å². The molecule has 2 nitrogen and oxygen atoms in total. The highest BCUT2D eigenvalue weighted by Gasteiger charge is 2.35. The van der Waals surface area contributed by atoms with Gasteiger partial charge in [0.2, 0.25) is 0 Å². The summed E-state index contributed by atoms with van der Waals surface area (Å²) in [6.45, 7) is 5.21. The maximum atomic E-state index is 6.23. The second-order valence-electron chi connectivity index (χ2n) is 6.60. The minimum Gasteiger partial charge on any atom is -0.350 e. The van der Waals surface area contributed by atoms with Crippen LogP contribution in [0.1, 0.15) is 48.8 Å². The van der Waals surface area contributed by atoms with Crippen molar-refractivity contribution in [2.75, 3.05) is 6.54 Å².